The van der Waals surface area contributed by atoms with Crippen molar-refractivity contribution in [3.05, 3.63) is 53.6 Å². The molecular weight excluding hydrogens is 294 g/mol. The molecule has 3 nitrogen and oxygen atoms in total. The van der Waals surface area contributed by atoms with E-state index in [9.17, 15) is 8.78 Å². The molecule has 0 saturated carbocycles. The van der Waals surface area contributed by atoms with Crippen LogP contribution in [0, 0.1) is 11.6 Å². The lowest BCUT2D eigenvalue weighted by Crippen LogP contribution is -2.01. The van der Waals surface area contributed by atoms with E-state index < -0.39 is 11.6 Å². The zero-order valence-corrected chi connectivity index (χ0v) is 12.0. The number of nitrogens with zero attached hydrogens (tertiary/aromatic N) is 1. The monoisotopic (exact) mass is 306 g/mol. The first-order valence-corrected chi connectivity index (χ1v) is 7.10. The van der Waals surface area contributed by atoms with Crippen LogP contribution in [0.25, 0.3) is 10.2 Å². The van der Waals surface area contributed by atoms with Crippen LogP contribution >= 0.6 is 11.3 Å². The highest BCUT2D eigenvalue weighted by atomic mass is 32.1. The number of nitrogens with one attached hydrogen (secondary N) is 1. The Balaban J connectivity index is 1.80. The Morgan fingerprint density at radius 3 is 2.86 bits per heavy atom. The topological polar surface area (TPSA) is 34.1 Å². The second-order valence-electron chi connectivity index (χ2n) is 4.44. The normalized spacial score (nSPS) is 10.8. The van der Waals surface area contributed by atoms with Crippen molar-refractivity contribution in [1.82, 2.24) is 4.98 Å². The number of methoxy groups -OCH3 is 1. The van der Waals surface area contributed by atoms with Gasteiger partial charge in [0, 0.05) is 12.1 Å². The maximum Gasteiger partial charge on any atom is 0.184 e. The molecule has 0 saturated heterocycles. The van der Waals surface area contributed by atoms with Crippen LogP contribution in [0.5, 0.6) is 5.75 Å². The smallest absolute Gasteiger partial charge is 0.184 e. The van der Waals surface area contributed by atoms with Gasteiger partial charge in [0.2, 0.25) is 0 Å². The maximum atomic E-state index is 13.5. The fourth-order valence-electron chi connectivity index (χ4n) is 1.96. The standard InChI is InChI=1S/C15H12F2N2OS/c1-20-11-3-5-13-14(7-11)21-15(19-13)18-8-9-6-10(16)2-4-12(9)17/h2-7H,8H2,1H3,(H,18,19). The minimum atomic E-state index is -0.456. The van der Waals surface area contributed by atoms with Crippen LogP contribution in [0.2, 0.25) is 0 Å². The van der Waals surface area contributed by atoms with Gasteiger partial charge in [0.15, 0.2) is 5.13 Å². The van der Waals surface area contributed by atoms with Crippen molar-refractivity contribution in [3.8, 4) is 5.75 Å². The Labute approximate surface area is 124 Å². The van der Waals surface area contributed by atoms with Crippen LogP contribution in [0.3, 0.4) is 0 Å². The number of fused-ring (bicyclic) bond motifs is 1. The molecule has 0 aliphatic carbocycles. The summed E-state index contributed by atoms with van der Waals surface area (Å²) in [5.41, 5.74) is 1.11. The second-order valence-corrected chi connectivity index (χ2v) is 5.47. The van der Waals surface area contributed by atoms with E-state index in [0.29, 0.717) is 5.13 Å². The first-order valence-electron chi connectivity index (χ1n) is 6.28. The Hall–Kier alpha value is -2.21. The highest BCUT2D eigenvalue weighted by Gasteiger charge is 2.07. The average molecular weight is 306 g/mol. The van der Waals surface area contributed by atoms with Crippen molar-refractivity contribution in [1.29, 1.82) is 0 Å². The lowest BCUT2D eigenvalue weighted by molar-refractivity contribution is 0.415. The van der Waals surface area contributed by atoms with Crippen LogP contribution < -0.4 is 10.1 Å². The van der Waals surface area contributed by atoms with E-state index in [2.05, 4.69) is 10.3 Å². The number of halogens is 2. The Bertz CT molecular complexity index is 788. The third-order valence-corrected chi connectivity index (χ3v) is 4.01. The molecule has 0 aliphatic rings. The number of rotatable bonds is 4. The Kier molecular flexibility index (Phi) is 3.70. The van der Waals surface area contributed by atoms with Crippen molar-refractivity contribution in [2.75, 3.05) is 12.4 Å². The molecule has 1 aromatic heterocycles. The first-order chi connectivity index (χ1) is 10.2. The summed E-state index contributed by atoms with van der Waals surface area (Å²) in [4.78, 5) is 4.39. The third kappa shape index (κ3) is 2.95. The maximum absolute atomic E-state index is 13.5. The predicted octanol–water partition coefficient (Wildman–Crippen LogP) is 4.20. The fraction of sp³-hybridized carbons (Fsp3) is 0.133. The van der Waals surface area contributed by atoms with Gasteiger partial charge in [-0.25, -0.2) is 13.8 Å². The molecule has 0 radical (unpaired) electrons. The SMILES string of the molecule is COc1ccc2nc(NCc3cc(F)ccc3F)sc2c1. The molecule has 0 atom stereocenters. The van der Waals surface area contributed by atoms with Gasteiger partial charge in [-0.05, 0) is 36.4 Å². The lowest BCUT2D eigenvalue weighted by atomic mass is 10.2. The van der Waals surface area contributed by atoms with Crippen LogP contribution in [0.15, 0.2) is 36.4 Å². The first kappa shape index (κ1) is 13.8. The molecule has 0 fully saturated rings. The van der Waals surface area contributed by atoms with E-state index >= 15 is 0 Å². The van der Waals surface area contributed by atoms with Crippen LogP contribution in [-0.4, -0.2) is 12.1 Å². The molecule has 2 aromatic carbocycles. The minimum Gasteiger partial charge on any atom is -0.497 e. The van der Waals surface area contributed by atoms with E-state index in [1.54, 1.807) is 7.11 Å². The van der Waals surface area contributed by atoms with Crippen LogP contribution in [-0.2, 0) is 6.54 Å². The lowest BCUT2D eigenvalue weighted by Gasteiger charge is -2.04. The van der Waals surface area contributed by atoms with Gasteiger partial charge in [-0.1, -0.05) is 11.3 Å². The summed E-state index contributed by atoms with van der Waals surface area (Å²) in [6.07, 6.45) is 0. The quantitative estimate of drug-likeness (QED) is 0.784. The summed E-state index contributed by atoms with van der Waals surface area (Å²) in [5.74, 6) is -0.136. The van der Waals surface area contributed by atoms with E-state index in [1.165, 1.54) is 17.4 Å². The van der Waals surface area contributed by atoms with Crippen LogP contribution in [0.1, 0.15) is 5.56 Å². The number of hydrogen-bond donors (Lipinski definition) is 1. The highest BCUT2D eigenvalue weighted by molar-refractivity contribution is 7.22. The molecule has 0 amide bonds. The summed E-state index contributed by atoms with van der Waals surface area (Å²) in [6.45, 7) is 0.181. The molecule has 1 heterocycles. The zero-order valence-electron chi connectivity index (χ0n) is 11.2. The van der Waals surface area contributed by atoms with E-state index in [4.69, 9.17) is 4.74 Å². The number of benzene rings is 2. The summed E-state index contributed by atoms with van der Waals surface area (Å²) in [7, 11) is 1.61. The second kappa shape index (κ2) is 5.65. The Morgan fingerprint density at radius 2 is 2.05 bits per heavy atom. The summed E-state index contributed by atoms with van der Waals surface area (Å²) < 4.78 is 32.8. The largest absolute Gasteiger partial charge is 0.497 e. The number of hydrogen-bond acceptors (Lipinski definition) is 4. The average Bonchev–Trinajstić information content (AvgIpc) is 2.89. The van der Waals surface area contributed by atoms with Crippen molar-refractivity contribution >= 4 is 26.7 Å². The Morgan fingerprint density at radius 1 is 1.19 bits per heavy atom. The molecular formula is C15H12F2N2OS. The van der Waals surface area contributed by atoms with E-state index in [-0.39, 0.29) is 12.1 Å². The number of anilines is 1. The molecule has 0 spiro atoms. The number of ether oxygens (including phenoxy) is 1. The van der Waals surface area contributed by atoms with E-state index in [0.717, 1.165) is 28.1 Å². The summed E-state index contributed by atoms with van der Waals surface area (Å²) in [5, 5.41) is 3.67. The molecule has 3 rings (SSSR count). The number of thiazole rings is 1. The van der Waals surface area contributed by atoms with Gasteiger partial charge in [-0.3, -0.25) is 0 Å². The van der Waals surface area contributed by atoms with Crippen molar-refractivity contribution < 1.29 is 13.5 Å². The highest BCUT2D eigenvalue weighted by Crippen LogP contribution is 2.29. The molecule has 108 valence electrons. The summed E-state index contributed by atoms with van der Waals surface area (Å²) >= 11 is 1.44. The van der Waals surface area contributed by atoms with Gasteiger partial charge in [0.25, 0.3) is 0 Å². The van der Waals surface area contributed by atoms with Crippen molar-refractivity contribution in [2.45, 2.75) is 6.54 Å². The molecule has 0 aliphatic heterocycles. The van der Waals surface area contributed by atoms with Gasteiger partial charge in [-0.2, -0.15) is 0 Å². The van der Waals surface area contributed by atoms with Gasteiger partial charge in [0.1, 0.15) is 17.4 Å². The van der Waals surface area contributed by atoms with Crippen LogP contribution in [0.4, 0.5) is 13.9 Å². The number of aromatic nitrogens is 1. The molecule has 0 unspecified atom stereocenters. The predicted molar refractivity (Wildman–Crippen MR) is 79.9 cm³/mol. The molecule has 0 bridgehead atoms. The van der Waals surface area contributed by atoms with Gasteiger partial charge in [0.05, 0.1) is 17.3 Å². The molecule has 3 aromatic rings. The van der Waals surface area contributed by atoms with Gasteiger partial charge < -0.3 is 10.1 Å². The molecule has 1 N–H and O–H groups in total. The van der Waals surface area contributed by atoms with Gasteiger partial charge in [-0.15, -0.1) is 0 Å². The van der Waals surface area contributed by atoms with Crippen molar-refractivity contribution in [3.63, 3.8) is 0 Å². The minimum absolute atomic E-state index is 0.181. The van der Waals surface area contributed by atoms with Crippen molar-refractivity contribution in [2.24, 2.45) is 0 Å². The molecule has 21 heavy (non-hydrogen) atoms. The third-order valence-electron chi connectivity index (χ3n) is 3.03. The zero-order chi connectivity index (χ0) is 14.8. The molecule has 6 heteroatoms. The summed E-state index contributed by atoms with van der Waals surface area (Å²) in [6, 6.07) is 8.98. The van der Waals surface area contributed by atoms with E-state index in [1.807, 2.05) is 18.2 Å². The fourth-order valence-corrected chi connectivity index (χ4v) is 2.85. The van der Waals surface area contributed by atoms with Gasteiger partial charge >= 0.3 is 0 Å².